The molecule has 0 saturated heterocycles. The summed E-state index contributed by atoms with van der Waals surface area (Å²) in [4.78, 5) is 0. The second-order valence-corrected chi connectivity index (χ2v) is 3.66. The Balaban J connectivity index is 2.79. The van der Waals surface area contributed by atoms with Gasteiger partial charge >= 0.3 is 0 Å². The third kappa shape index (κ3) is 2.74. The van der Waals surface area contributed by atoms with Crippen LogP contribution in [0.5, 0.6) is 5.75 Å². The van der Waals surface area contributed by atoms with Crippen LogP contribution in [-0.2, 0) is 0 Å². The van der Waals surface area contributed by atoms with E-state index in [9.17, 15) is 0 Å². The molecule has 0 fully saturated rings. The van der Waals surface area contributed by atoms with Gasteiger partial charge in [0.25, 0.3) is 0 Å². The second-order valence-electron chi connectivity index (χ2n) is 3.66. The van der Waals surface area contributed by atoms with Crippen LogP contribution in [0.3, 0.4) is 0 Å². The Morgan fingerprint density at radius 2 is 2.14 bits per heavy atom. The Morgan fingerprint density at radius 1 is 1.43 bits per heavy atom. The molecule has 2 nitrogen and oxygen atoms in total. The second kappa shape index (κ2) is 5.01. The Labute approximate surface area is 86.1 Å². The molecule has 1 atom stereocenters. The number of aryl methyl sites for hydroxylation is 1. The van der Waals surface area contributed by atoms with Crippen molar-refractivity contribution in [3.8, 4) is 5.75 Å². The maximum atomic E-state index is 5.79. The molecule has 78 valence electrons. The molecule has 0 saturated carbocycles. The van der Waals surface area contributed by atoms with E-state index in [2.05, 4.69) is 19.9 Å². The van der Waals surface area contributed by atoms with E-state index in [1.165, 1.54) is 0 Å². The molecule has 1 unspecified atom stereocenters. The summed E-state index contributed by atoms with van der Waals surface area (Å²) < 4.78 is 5.58. The molecular formula is C12H19NO. The lowest BCUT2D eigenvalue weighted by atomic mass is 10.1. The summed E-state index contributed by atoms with van der Waals surface area (Å²) >= 11 is 0. The van der Waals surface area contributed by atoms with E-state index in [1.54, 1.807) is 0 Å². The molecule has 1 aromatic carbocycles. The van der Waals surface area contributed by atoms with Gasteiger partial charge in [-0.15, -0.1) is 0 Å². The molecule has 0 aromatic heterocycles. The Hall–Kier alpha value is -1.02. The molecule has 1 aromatic rings. The van der Waals surface area contributed by atoms with Gasteiger partial charge in [0, 0.05) is 6.04 Å². The predicted octanol–water partition coefficient (Wildman–Crippen LogP) is 2.80. The fourth-order valence-electron chi connectivity index (χ4n) is 1.33. The molecule has 2 N–H and O–H groups in total. The molecule has 0 radical (unpaired) electrons. The van der Waals surface area contributed by atoms with Crippen molar-refractivity contribution in [3.05, 3.63) is 29.3 Å². The first-order chi connectivity index (χ1) is 6.65. The zero-order valence-corrected chi connectivity index (χ0v) is 9.21. The van der Waals surface area contributed by atoms with E-state index < -0.39 is 0 Å². The molecular weight excluding hydrogens is 174 g/mol. The minimum atomic E-state index is 0.0916. The van der Waals surface area contributed by atoms with Crippen LogP contribution in [0.4, 0.5) is 0 Å². The summed E-state index contributed by atoms with van der Waals surface area (Å²) in [7, 11) is 0. The number of hydrogen-bond donors (Lipinski definition) is 1. The lowest BCUT2D eigenvalue weighted by molar-refractivity contribution is 0.315. The van der Waals surface area contributed by atoms with Crippen molar-refractivity contribution >= 4 is 0 Å². The van der Waals surface area contributed by atoms with Crippen LogP contribution in [-0.4, -0.2) is 6.61 Å². The largest absolute Gasteiger partial charge is 0.493 e. The summed E-state index contributed by atoms with van der Waals surface area (Å²) in [6.07, 6.45) is 1.04. The average Bonchev–Trinajstić information content (AvgIpc) is 2.15. The predicted molar refractivity (Wildman–Crippen MR) is 59.6 cm³/mol. The van der Waals surface area contributed by atoms with Crippen molar-refractivity contribution in [2.75, 3.05) is 6.61 Å². The summed E-state index contributed by atoms with van der Waals surface area (Å²) in [5.74, 6) is 0.969. The highest BCUT2D eigenvalue weighted by Gasteiger charge is 2.03. The topological polar surface area (TPSA) is 35.2 Å². The zero-order valence-electron chi connectivity index (χ0n) is 9.21. The summed E-state index contributed by atoms with van der Waals surface area (Å²) in [5, 5.41) is 0. The van der Waals surface area contributed by atoms with E-state index in [0.29, 0.717) is 0 Å². The van der Waals surface area contributed by atoms with Gasteiger partial charge in [0.05, 0.1) is 6.61 Å². The van der Waals surface area contributed by atoms with Crippen LogP contribution in [0, 0.1) is 6.92 Å². The quantitative estimate of drug-likeness (QED) is 0.798. The van der Waals surface area contributed by atoms with Crippen molar-refractivity contribution in [2.45, 2.75) is 33.2 Å². The SMILES string of the molecule is CCCOc1ccc(C(C)N)cc1C. The number of rotatable bonds is 4. The minimum absolute atomic E-state index is 0.0916. The van der Waals surface area contributed by atoms with Gasteiger partial charge < -0.3 is 10.5 Å². The van der Waals surface area contributed by atoms with Gasteiger partial charge in [-0.3, -0.25) is 0 Å². The Kier molecular flexibility index (Phi) is 3.96. The van der Waals surface area contributed by atoms with E-state index in [1.807, 2.05) is 19.1 Å². The first-order valence-electron chi connectivity index (χ1n) is 5.14. The lowest BCUT2D eigenvalue weighted by Crippen LogP contribution is -2.05. The van der Waals surface area contributed by atoms with Gasteiger partial charge in [-0.05, 0) is 37.5 Å². The van der Waals surface area contributed by atoms with Crippen LogP contribution < -0.4 is 10.5 Å². The Bertz CT molecular complexity index is 294. The molecule has 0 bridgehead atoms. The third-order valence-corrected chi connectivity index (χ3v) is 2.19. The maximum Gasteiger partial charge on any atom is 0.122 e. The average molecular weight is 193 g/mol. The molecule has 0 aliphatic rings. The van der Waals surface area contributed by atoms with Gasteiger partial charge in [0.1, 0.15) is 5.75 Å². The zero-order chi connectivity index (χ0) is 10.6. The highest BCUT2D eigenvalue weighted by Crippen LogP contribution is 2.21. The van der Waals surface area contributed by atoms with E-state index in [-0.39, 0.29) is 6.04 Å². The normalized spacial score (nSPS) is 12.6. The summed E-state index contributed by atoms with van der Waals surface area (Å²) in [5.41, 5.74) is 8.11. The summed E-state index contributed by atoms with van der Waals surface area (Å²) in [6.45, 7) is 6.92. The van der Waals surface area contributed by atoms with Gasteiger partial charge in [0.2, 0.25) is 0 Å². The molecule has 14 heavy (non-hydrogen) atoms. The van der Waals surface area contributed by atoms with E-state index in [4.69, 9.17) is 10.5 Å². The van der Waals surface area contributed by atoms with Crippen molar-refractivity contribution in [3.63, 3.8) is 0 Å². The van der Waals surface area contributed by atoms with Crippen LogP contribution in [0.2, 0.25) is 0 Å². The third-order valence-electron chi connectivity index (χ3n) is 2.19. The van der Waals surface area contributed by atoms with E-state index in [0.717, 1.165) is 29.9 Å². The maximum absolute atomic E-state index is 5.79. The molecule has 2 heteroatoms. The van der Waals surface area contributed by atoms with Crippen molar-refractivity contribution in [2.24, 2.45) is 5.73 Å². The van der Waals surface area contributed by atoms with Gasteiger partial charge in [-0.1, -0.05) is 19.1 Å². The van der Waals surface area contributed by atoms with Gasteiger partial charge in [-0.25, -0.2) is 0 Å². The highest BCUT2D eigenvalue weighted by molar-refractivity contribution is 5.37. The molecule has 0 aliphatic heterocycles. The van der Waals surface area contributed by atoms with Crippen molar-refractivity contribution in [1.29, 1.82) is 0 Å². The summed E-state index contributed by atoms with van der Waals surface area (Å²) in [6, 6.07) is 6.22. The number of nitrogens with two attached hydrogens (primary N) is 1. The van der Waals surface area contributed by atoms with Crippen LogP contribution in [0.15, 0.2) is 18.2 Å². The number of ether oxygens (including phenoxy) is 1. The molecule has 0 amide bonds. The van der Waals surface area contributed by atoms with Crippen LogP contribution in [0.1, 0.15) is 37.4 Å². The van der Waals surface area contributed by atoms with E-state index >= 15 is 0 Å². The number of benzene rings is 1. The molecule has 0 heterocycles. The molecule has 0 aliphatic carbocycles. The van der Waals surface area contributed by atoms with Crippen LogP contribution in [0.25, 0.3) is 0 Å². The van der Waals surface area contributed by atoms with Gasteiger partial charge in [-0.2, -0.15) is 0 Å². The first-order valence-corrected chi connectivity index (χ1v) is 5.14. The lowest BCUT2D eigenvalue weighted by Gasteiger charge is -2.11. The smallest absolute Gasteiger partial charge is 0.122 e. The highest BCUT2D eigenvalue weighted by atomic mass is 16.5. The molecule has 1 rings (SSSR count). The fraction of sp³-hybridized carbons (Fsp3) is 0.500. The first kappa shape index (κ1) is 11.1. The fourth-order valence-corrected chi connectivity index (χ4v) is 1.33. The standard InChI is InChI=1S/C12H19NO/c1-4-7-14-12-6-5-11(10(3)13)8-9(12)2/h5-6,8,10H,4,7,13H2,1-3H3. The van der Waals surface area contributed by atoms with Crippen molar-refractivity contribution in [1.82, 2.24) is 0 Å². The van der Waals surface area contributed by atoms with Crippen molar-refractivity contribution < 1.29 is 4.74 Å². The monoisotopic (exact) mass is 193 g/mol. The van der Waals surface area contributed by atoms with Crippen LogP contribution >= 0.6 is 0 Å². The van der Waals surface area contributed by atoms with Gasteiger partial charge in [0.15, 0.2) is 0 Å². The number of hydrogen-bond acceptors (Lipinski definition) is 2. The Morgan fingerprint density at radius 3 is 2.64 bits per heavy atom. The minimum Gasteiger partial charge on any atom is -0.493 e. The molecule has 0 spiro atoms.